The SMILES string of the molecule is CCN(c1ccccc1F)c1ccc(CN)cc1Br. The Labute approximate surface area is 121 Å². The molecule has 0 heterocycles. The van der Waals surface area contributed by atoms with Crippen molar-refractivity contribution in [2.45, 2.75) is 13.5 Å². The molecule has 0 saturated carbocycles. The Morgan fingerprint density at radius 2 is 1.89 bits per heavy atom. The summed E-state index contributed by atoms with van der Waals surface area (Å²) in [5.74, 6) is -0.223. The smallest absolute Gasteiger partial charge is 0.146 e. The van der Waals surface area contributed by atoms with Crippen molar-refractivity contribution in [1.82, 2.24) is 0 Å². The van der Waals surface area contributed by atoms with Gasteiger partial charge in [-0.05, 0) is 52.7 Å². The van der Waals surface area contributed by atoms with E-state index in [4.69, 9.17) is 5.73 Å². The summed E-state index contributed by atoms with van der Waals surface area (Å²) in [6.45, 7) is 3.17. The quantitative estimate of drug-likeness (QED) is 0.913. The minimum atomic E-state index is -0.223. The van der Waals surface area contributed by atoms with E-state index in [1.54, 1.807) is 12.1 Å². The summed E-state index contributed by atoms with van der Waals surface area (Å²) in [6.07, 6.45) is 0. The van der Waals surface area contributed by atoms with Gasteiger partial charge >= 0.3 is 0 Å². The maximum absolute atomic E-state index is 13.9. The molecule has 100 valence electrons. The van der Waals surface area contributed by atoms with Gasteiger partial charge < -0.3 is 10.6 Å². The lowest BCUT2D eigenvalue weighted by molar-refractivity contribution is 0.625. The van der Waals surface area contributed by atoms with Crippen LogP contribution < -0.4 is 10.6 Å². The molecule has 2 rings (SSSR count). The fourth-order valence-corrected chi connectivity index (χ4v) is 2.68. The van der Waals surface area contributed by atoms with Crippen LogP contribution in [-0.2, 0) is 6.54 Å². The van der Waals surface area contributed by atoms with Crippen molar-refractivity contribution in [2.24, 2.45) is 5.73 Å². The predicted molar refractivity (Wildman–Crippen MR) is 81.1 cm³/mol. The normalized spacial score (nSPS) is 10.5. The molecule has 4 heteroatoms. The van der Waals surface area contributed by atoms with Gasteiger partial charge in [0, 0.05) is 17.6 Å². The topological polar surface area (TPSA) is 29.3 Å². The van der Waals surface area contributed by atoms with Crippen LogP contribution in [0.5, 0.6) is 0 Å². The minimum Gasteiger partial charge on any atom is -0.338 e. The summed E-state index contributed by atoms with van der Waals surface area (Å²) in [6, 6.07) is 12.7. The standard InChI is InChI=1S/C15H16BrFN2/c1-2-19(15-6-4-3-5-13(15)17)14-8-7-11(10-18)9-12(14)16/h3-9H,2,10,18H2,1H3. The van der Waals surface area contributed by atoms with E-state index in [1.165, 1.54) is 6.07 Å². The number of hydrogen-bond acceptors (Lipinski definition) is 2. The van der Waals surface area contributed by atoms with Gasteiger partial charge in [0.15, 0.2) is 0 Å². The lowest BCUT2D eigenvalue weighted by Crippen LogP contribution is -2.18. The summed E-state index contributed by atoms with van der Waals surface area (Å²) >= 11 is 3.53. The number of anilines is 2. The molecule has 0 saturated heterocycles. The molecule has 0 bridgehead atoms. The number of nitrogens with zero attached hydrogens (tertiary/aromatic N) is 1. The van der Waals surface area contributed by atoms with Gasteiger partial charge in [-0.15, -0.1) is 0 Å². The Morgan fingerprint density at radius 3 is 2.47 bits per heavy atom. The first-order valence-corrected chi connectivity index (χ1v) is 6.97. The third-order valence-electron chi connectivity index (χ3n) is 3.00. The van der Waals surface area contributed by atoms with Crippen LogP contribution in [0.3, 0.4) is 0 Å². The largest absolute Gasteiger partial charge is 0.338 e. The summed E-state index contributed by atoms with van der Waals surface area (Å²) in [4.78, 5) is 1.93. The number of hydrogen-bond donors (Lipinski definition) is 1. The van der Waals surface area contributed by atoms with Gasteiger partial charge in [-0.25, -0.2) is 4.39 Å². The van der Waals surface area contributed by atoms with Crippen LogP contribution in [0.15, 0.2) is 46.9 Å². The second-order valence-corrected chi connectivity index (χ2v) is 5.04. The molecule has 0 spiro atoms. The van der Waals surface area contributed by atoms with Crippen molar-refractivity contribution in [3.8, 4) is 0 Å². The molecule has 2 nitrogen and oxygen atoms in total. The number of para-hydroxylation sites is 1. The molecule has 0 atom stereocenters. The fraction of sp³-hybridized carbons (Fsp3) is 0.200. The minimum absolute atomic E-state index is 0.223. The lowest BCUT2D eigenvalue weighted by atomic mass is 10.1. The number of nitrogens with two attached hydrogens (primary N) is 1. The van der Waals surface area contributed by atoms with Crippen molar-refractivity contribution in [3.63, 3.8) is 0 Å². The number of benzene rings is 2. The summed E-state index contributed by atoms with van der Waals surface area (Å²) in [5.41, 5.74) is 8.17. The molecule has 0 amide bonds. The van der Waals surface area contributed by atoms with Gasteiger partial charge in [0.2, 0.25) is 0 Å². The molecule has 2 aromatic carbocycles. The second-order valence-electron chi connectivity index (χ2n) is 4.19. The van der Waals surface area contributed by atoms with E-state index in [1.807, 2.05) is 36.1 Å². The van der Waals surface area contributed by atoms with Crippen molar-refractivity contribution in [1.29, 1.82) is 0 Å². The number of rotatable bonds is 4. The highest BCUT2D eigenvalue weighted by atomic mass is 79.9. The van der Waals surface area contributed by atoms with E-state index < -0.39 is 0 Å². The zero-order valence-corrected chi connectivity index (χ0v) is 12.3. The Morgan fingerprint density at radius 1 is 1.16 bits per heavy atom. The molecular formula is C15H16BrFN2. The Bertz CT molecular complexity index is 572. The zero-order chi connectivity index (χ0) is 13.8. The van der Waals surface area contributed by atoms with Crippen molar-refractivity contribution >= 4 is 27.3 Å². The van der Waals surface area contributed by atoms with E-state index >= 15 is 0 Å². The molecule has 0 unspecified atom stereocenters. The van der Waals surface area contributed by atoms with Gasteiger partial charge in [0.05, 0.1) is 11.4 Å². The van der Waals surface area contributed by atoms with Crippen LogP contribution in [0.25, 0.3) is 0 Å². The van der Waals surface area contributed by atoms with Gasteiger partial charge in [0.25, 0.3) is 0 Å². The average molecular weight is 323 g/mol. The molecule has 0 fully saturated rings. The van der Waals surface area contributed by atoms with Gasteiger partial charge in [-0.3, -0.25) is 0 Å². The molecule has 19 heavy (non-hydrogen) atoms. The van der Waals surface area contributed by atoms with Gasteiger partial charge in [0.1, 0.15) is 5.82 Å². The van der Waals surface area contributed by atoms with E-state index in [0.29, 0.717) is 18.8 Å². The van der Waals surface area contributed by atoms with Crippen molar-refractivity contribution < 1.29 is 4.39 Å². The maximum atomic E-state index is 13.9. The third kappa shape index (κ3) is 2.96. The summed E-state index contributed by atoms with van der Waals surface area (Å²) in [7, 11) is 0. The van der Waals surface area contributed by atoms with E-state index in [0.717, 1.165) is 15.7 Å². The monoisotopic (exact) mass is 322 g/mol. The second kappa shape index (κ2) is 6.17. The summed E-state index contributed by atoms with van der Waals surface area (Å²) in [5, 5.41) is 0. The maximum Gasteiger partial charge on any atom is 0.146 e. The van der Waals surface area contributed by atoms with Crippen LogP contribution in [-0.4, -0.2) is 6.54 Å². The van der Waals surface area contributed by atoms with Crippen LogP contribution >= 0.6 is 15.9 Å². The van der Waals surface area contributed by atoms with E-state index in [9.17, 15) is 4.39 Å². The Hall–Kier alpha value is -1.39. The first-order chi connectivity index (χ1) is 9.17. The van der Waals surface area contributed by atoms with Crippen LogP contribution in [0, 0.1) is 5.82 Å². The van der Waals surface area contributed by atoms with Gasteiger partial charge in [-0.2, -0.15) is 0 Å². The number of halogens is 2. The molecule has 0 aromatic heterocycles. The van der Waals surface area contributed by atoms with Gasteiger partial charge in [-0.1, -0.05) is 18.2 Å². The zero-order valence-electron chi connectivity index (χ0n) is 10.7. The Balaban J connectivity index is 2.46. The van der Waals surface area contributed by atoms with E-state index in [-0.39, 0.29) is 5.82 Å². The molecule has 0 aliphatic carbocycles. The molecule has 0 radical (unpaired) electrons. The fourth-order valence-electron chi connectivity index (χ4n) is 2.04. The molecule has 0 aliphatic rings. The lowest BCUT2D eigenvalue weighted by Gasteiger charge is -2.25. The van der Waals surface area contributed by atoms with E-state index in [2.05, 4.69) is 15.9 Å². The molecule has 0 aliphatic heterocycles. The highest BCUT2D eigenvalue weighted by Crippen LogP contribution is 2.33. The predicted octanol–water partition coefficient (Wildman–Crippen LogP) is 4.20. The first kappa shape index (κ1) is 14.0. The van der Waals surface area contributed by atoms with Crippen molar-refractivity contribution in [2.75, 3.05) is 11.4 Å². The van der Waals surface area contributed by atoms with Crippen LogP contribution in [0.4, 0.5) is 15.8 Å². The highest BCUT2D eigenvalue weighted by Gasteiger charge is 2.14. The van der Waals surface area contributed by atoms with Crippen molar-refractivity contribution in [3.05, 3.63) is 58.3 Å². The summed E-state index contributed by atoms with van der Waals surface area (Å²) < 4.78 is 14.8. The average Bonchev–Trinajstić information content (AvgIpc) is 2.43. The van der Waals surface area contributed by atoms with Crippen LogP contribution in [0.2, 0.25) is 0 Å². The Kier molecular flexibility index (Phi) is 4.56. The van der Waals surface area contributed by atoms with Crippen LogP contribution in [0.1, 0.15) is 12.5 Å². The molecule has 2 N–H and O–H groups in total. The highest BCUT2D eigenvalue weighted by molar-refractivity contribution is 9.10. The first-order valence-electron chi connectivity index (χ1n) is 6.18. The molecule has 2 aromatic rings. The molecular weight excluding hydrogens is 307 g/mol. The third-order valence-corrected chi connectivity index (χ3v) is 3.63.